The van der Waals surface area contributed by atoms with Crippen molar-refractivity contribution in [3.63, 3.8) is 0 Å². The molecule has 0 saturated carbocycles. The lowest BCUT2D eigenvalue weighted by atomic mass is 10.2. The summed E-state index contributed by atoms with van der Waals surface area (Å²) >= 11 is 1.49. The van der Waals surface area contributed by atoms with Crippen molar-refractivity contribution in [2.75, 3.05) is 39.8 Å². The largest absolute Gasteiger partial charge is 0.338 e. The number of carbonyl (C=O) groups excluding carboxylic acids is 3. The SMILES string of the molecule is Cc1ccc(C(=O)N2CCN(C(=O)CN(C)C(=O)c3ccccc3)CC2)s1. The van der Waals surface area contributed by atoms with Gasteiger partial charge in [-0.05, 0) is 31.2 Å². The van der Waals surface area contributed by atoms with Gasteiger partial charge in [0.25, 0.3) is 11.8 Å². The van der Waals surface area contributed by atoms with Crippen LogP contribution in [0.3, 0.4) is 0 Å². The first kappa shape index (κ1) is 19.1. The molecule has 0 unspecified atom stereocenters. The quantitative estimate of drug-likeness (QED) is 0.810. The third-order valence-electron chi connectivity index (χ3n) is 4.61. The van der Waals surface area contributed by atoms with E-state index in [1.165, 1.54) is 16.2 Å². The van der Waals surface area contributed by atoms with E-state index in [-0.39, 0.29) is 24.3 Å². The van der Waals surface area contributed by atoms with Gasteiger partial charge < -0.3 is 14.7 Å². The second-order valence-electron chi connectivity index (χ2n) is 6.61. The molecule has 1 aromatic carbocycles. The van der Waals surface area contributed by atoms with Crippen LogP contribution in [-0.4, -0.2) is 72.2 Å². The molecule has 3 amide bonds. The summed E-state index contributed by atoms with van der Waals surface area (Å²) in [5, 5.41) is 0. The van der Waals surface area contributed by atoms with Crippen molar-refractivity contribution in [1.29, 1.82) is 0 Å². The molecule has 0 aliphatic carbocycles. The van der Waals surface area contributed by atoms with Crippen LogP contribution in [0.5, 0.6) is 0 Å². The Morgan fingerprint density at radius 2 is 1.59 bits per heavy atom. The van der Waals surface area contributed by atoms with Gasteiger partial charge in [0.1, 0.15) is 0 Å². The number of hydrogen-bond acceptors (Lipinski definition) is 4. The van der Waals surface area contributed by atoms with E-state index in [9.17, 15) is 14.4 Å². The zero-order valence-electron chi connectivity index (χ0n) is 15.6. The van der Waals surface area contributed by atoms with Crippen LogP contribution in [-0.2, 0) is 4.79 Å². The average Bonchev–Trinajstić information content (AvgIpc) is 3.13. The monoisotopic (exact) mass is 385 g/mol. The van der Waals surface area contributed by atoms with Crippen LogP contribution in [0.15, 0.2) is 42.5 Å². The topological polar surface area (TPSA) is 60.9 Å². The molecule has 1 saturated heterocycles. The van der Waals surface area contributed by atoms with Crippen molar-refractivity contribution in [3.8, 4) is 0 Å². The number of thiophene rings is 1. The van der Waals surface area contributed by atoms with E-state index in [1.54, 1.807) is 41.1 Å². The summed E-state index contributed by atoms with van der Waals surface area (Å²) in [5.41, 5.74) is 0.564. The molecule has 2 heterocycles. The molecule has 0 spiro atoms. The fraction of sp³-hybridized carbons (Fsp3) is 0.350. The number of likely N-dealkylation sites (N-methyl/N-ethyl adjacent to an activating group) is 1. The highest BCUT2D eigenvalue weighted by molar-refractivity contribution is 7.13. The normalized spacial score (nSPS) is 14.1. The summed E-state index contributed by atoms with van der Waals surface area (Å²) in [5.74, 6) is -0.247. The molecule has 0 radical (unpaired) electrons. The van der Waals surface area contributed by atoms with E-state index in [1.807, 2.05) is 25.1 Å². The molecular weight excluding hydrogens is 362 g/mol. The zero-order valence-corrected chi connectivity index (χ0v) is 16.4. The van der Waals surface area contributed by atoms with E-state index >= 15 is 0 Å². The maximum Gasteiger partial charge on any atom is 0.264 e. The van der Waals surface area contributed by atoms with Gasteiger partial charge in [0.05, 0.1) is 11.4 Å². The molecule has 1 aromatic heterocycles. The highest BCUT2D eigenvalue weighted by atomic mass is 32.1. The van der Waals surface area contributed by atoms with Crippen LogP contribution in [0.25, 0.3) is 0 Å². The summed E-state index contributed by atoms with van der Waals surface area (Å²) in [6.07, 6.45) is 0. The smallest absolute Gasteiger partial charge is 0.264 e. The molecule has 1 aliphatic rings. The van der Waals surface area contributed by atoms with Gasteiger partial charge in [-0.3, -0.25) is 14.4 Å². The first-order valence-electron chi connectivity index (χ1n) is 8.89. The van der Waals surface area contributed by atoms with E-state index < -0.39 is 0 Å². The lowest BCUT2D eigenvalue weighted by Crippen LogP contribution is -2.52. The number of hydrogen-bond donors (Lipinski definition) is 0. The van der Waals surface area contributed by atoms with E-state index in [4.69, 9.17) is 0 Å². The number of aryl methyl sites for hydroxylation is 1. The lowest BCUT2D eigenvalue weighted by Gasteiger charge is -2.35. The predicted octanol–water partition coefficient (Wildman–Crippen LogP) is 2.11. The van der Waals surface area contributed by atoms with Crippen molar-refractivity contribution in [2.24, 2.45) is 0 Å². The number of rotatable bonds is 4. The molecule has 6 nitrogen and oxygen atoms in total. The maximum absolute atomic E-state index is 12.5. The minimum absolute atomic E-state index is 0.0246. The Hall–Kier alpha value is -2.67. The molecule has 0 N–H and O–H groups in total. The van der Waals surface area contributed by atoms with Gasteiger partial charge in [0.2, 0.25) is 5.91 Å². The van der Waals surface area contributed by atoms with Crippen molar-refractivity contribution < 1.29 is 14.4 Å². The second kappa shape index (κ2) is 8.35. The number of benzene rings is 1. The van der Waals surface area contributed by atoms with Crippen LogP contribution in [0.1, 0.15) is 24.9 Å². The van der Waals surface area contributed by atoms with Crippen molar-refractivity contribution in [2.45, 2.75) is 6.92 Å². The summed E-state index contributed by atoms with van der Waals surface area (Å²) in [4.78, 5) is 44.2. The number of piperazine rings is 1. The van der Waals surface area contributed by atoms with Crippen molar-refractivity contribution in [3.05, 3.63) is 57.8 Å². The second-order valence-corrected chi connectivity index (χ2v) is 7.90. The van der Waals surface area contributed by atoms with E-state index in [2.05, 4.69) is 0 Å². The molecule has 0 bridgehead atoms. The first-order valence-corrected chi connectivity index (χ1v) is 9.71. The Bertz CT molecular complexity index is 826. The fourth-order valence-corrected chi connectivity index (χ4v) is 3.88. The molecule has 2 aromatic rings. The molecule has 3 rings (SSSR count). The van der Waals surface area contributed by atoms with Crippen molar-refractivity contribution in [1.82, 2.24) is 14.7 Å². The molecule has 7 heteroatoms. The summed E-state index contributed by atoms with van der Waals surface area (Å²) in [6.45, 7) is 4.01. The summed E-state index contributed by atoms with van der Waals surface area (Å²) < 4.78 is 0. The summed E-state index contributed by atoms with van der Waals surface area (Å²) in [6, 6.07) is 12.7. The van der Waals surface area contributed by atoms with Crippen LogP contribution in [0.2, 0.25) is 0 Å². The molecule has 0 atom stereocenters. The Kier molecular flexibility index (Phi) is 5.91. The highest BCUT2D eigenvalue weighted by Crippen LogP contribution is 2.18. The highest BCUT2D eigenvalue weighted by Gasteiger charge is 2.26. The third kappa shape index (κ3) is 4.54. The number of carbonyl (C=O) groups is 3. The van der Waals surface area contributed by atoms with Gasteiger partial charge in [-0.1, -0.05) is 18.2 Å². The van der Waals surface area contributed by atoms with Gasteiger partial charge in [-0.25, -0.2) is 0 Å². The third-order valence-corrected chi connectivity index (χ3v) is 5.60. The van der Waals surface area contributed by atoms with E-state index in [0.717, 1.165) is 9.75 Å². The lowest BCUT2D eigenvalue weighted by molar-refractivity contribution is -0.133. The van der Waals surface area contributed by atoms with Crippen molar-refractivity contribution >= 4 is 29.1 Å². The van der Waals surface area contributed by atoms with Crippen LogP contribution in [0.4, 0.5) is 0 Å². The minimum atomic E-state index is -0.175. The molecule has 1 fully saturated rings. The van der Waals surface area contributed by atoms with Gasteiger partial charge in [0, 0.05) is 43.7 Å². The van der Waals surface area contributed by atoms with Gasteiger partial charge in [-0.15, -0.1) is 11.3 Å². The Labute approximate surface area is 163 Å². The van der Waals surface area contributed by atoms with Crippen LogP contribution in [0, 0.1) is 6.92 Å². The van der Waals surface area contributed by atoms with Crippen LogP contribution >= 0.6 is 11.3 Å². The minimum Gasteiger partial charge on any atom is -0.338 e. The predicted molar refractivity (Wildman–Crippen MR) is 105 cm³/mol. The van der Waals surface area contributed by atoms with Gasteiger partial charge >= 0.3 is 0 Å². The molecule has 142 valence electrons. The molecule has 1 aliphatic heterocycles. The first-order chi connectivity index (χ1) is 13.0. The standard InChI is InChI=1S/C20H23N3O3S/c1-15-8-9-17(27-15)20(26)23-12-10-22(11-13-23)18(24)14-21(2)19(25)16-6-4-3-5-7-16/h3-9H,10-14H2,1-2H3. The molecule has 27 heavy (non-hydrogen) atoms. The zero-order chi connectivity index (χ0) is 19.4. The fourth-order valence-electron chi connectivity index (χ4n) is 3.04. The average molecular weight is 385 g/mol. The van der Waals surface area contributed by atoms with Gasteiger partial charge in [-0.2, -0.15) is 0 Å². The van der Waals surface area contributed by atoms with Gasteiger partial charge in [0.15, 0.2) is 0 Å². The number of nitrogens with zero attached hydrogens (tertiary/aromatic N) is 3. The Morgan fingerprint density at radius 3 is 2.19 bits per heavy atom. The molecular formula is C20H23N3O3S. The van der Waals surface area contributed by atoms with E-state index in [0.29, 0.717) is 31.7 Å². The number of amides is 3. The Morgan fingerprint density at radius 1 is 0.963 bits per heavy atom. The maximum atomic E-state index is 12.5. The summed E-state index contributed by atoms with van der Waals surface area (Å²) in [7, 11) is 1.63. The van der Waals surface area contributed by atoms with Crippen LogP contribution < -0.4 is 0 Å². The Balaban J connectivity index is 1.51.